The lowest BCUT2D eigenvalue weighted by Crippen LogP contribution is -2.64. The summed E-state index contributed by atoms with van der Waals surface area (Å²) < 4.78 is 55.0. The molecular weight excluding hydrogens is 656 g/mol. The highest BCUT2D eigenvalue weighted by Gasteiger charge is 2.57. The van der Waals surface area contributed by atoms with Gasteiger partial charge in [-0.05, 0) is 0 Å². The van der Waals surface area contributed by atoms with Crippen LogP contribution in [0.15, 0.2) is 0 Å². The van der Waals surface area contributed by atoms with Gasteiger partial charge in [0.1, 0.15) is 36.3 Å². The van der Waals surface area contributed by atoms with Gasteiger partial charge >= 0.3 is 47.8 Å². The average Bonchev–Trinajstić information content (AvgIpc) is 2.91. The average molecular weight is 695 g/mol. The van der Waals surface area contributed by atoms with Crippen molar-refractivity contribution in [2.24, 2.45) is 0 Å². The number of rotatable bonds is 12. The van der Waals surface area contributed by atoms with Crippen molar-refractivity contribution in [3.8, 4) is 0 Å². The zero-order valence-electron chi connectivity index (χ0n) is 26.9. The quantitative estimate of drug-likeness (QED) is 0.192. The Kier molecular flexibility index (Phi) is 14.9. The van der Waals surface area contributed by atoms with Crippen LogP contribution in [0, 0.1) is 0 Å². The third-order valence-corrected chi connectivity index (χ3v) is 7.46. The Balaban J connectivity index is 2.69. The van der Waals surface area contributed by atoms with Crippen LogP contribution in [0.25, 0.3) is 0 Å². The van der Waals surface area contributed by atoms with Crippen LogP contribution in [0.3, 0.4) is 0 Å². The SMILES string of the molecule is CC(=O)OC[C@H]1O[C@@H](S[C@@H]2O[C@H](COC(C)=O)[C@@H](OC(C)=O)[C@H](OC(C)=O)[C@@H]2OC(C)=O)[C@H](OC(C)=O)[C@@H](OC(C)=O)[C@H]1OC(C)=O. The molecule has 2 fully saturated rings. The first-order valence-electron chi connectivity index (χ1n) is 14.2. The minimum atomic E-state index is -1.54. The normalized spacial score (nSPS) is 30.0. The molecule has 10 atom stereocenters. The van der Waals surface area contributed by atoms with Crippen LogP contribution >= 0.6 is 11.8 Å². The summed E-state index contributed by atoms with van der Waals surface area (Å²) in [4.78, 5) is 96.4. The topological polar surface area (TPSA) is 229 Å². The van der Waals surface area contributed by atoms with Gasteiger partial charge in [-0.25, -0.2) is 0 Å². The van der Waals surface area contributed by atoms with Crippen molar-refractivity contribution in [1.82, 2.24) is 0 Å². The Morgan fingerprint density at radius 1 is 0.404 bits per heavy atom. The van der Waals surface area contributed by atoms with E-state index in [0.717, 1.165) is 55.4 Å². The van der Waals surface area contributed by atoms with Crippen molar-refractivity contribution in [3.05, 3.63) is 0 Å². The minimum Gasteiger partial charge on any atom is -0.463 e. The van der Waals surface area contributed by atoms with Crippen molar-refractivity contribution in [2.45, 2.75) is 115 Å². The second-order valence-electron chi connectivity index (χ2n) is 10.3. The maximum Gasteiger partial charge on any atom is 0.303 e. The Bertz CT molecular complexity index is 1110. The van der Waals surface area contributed by atoms with E-state index >= 15 is 0 Å². The lowest BCUT2D eigenvalue weighted by Gasteiger charge is -2.47. The summed E-state index contributed by atoms with van der Waals surface area (Å²) in [5, 5.41) is 0. The number of esters is 8. The van der Waals surface area contributed by atoms with Crippen molar-refractivity contribution < 1.29 is 85.7 Å². The van der Waals surface area contributed by atoms with Crippen molar-refractivity contribution in [3.63, 3.8) is 0 Å². The number of ether oxygens (including phenoxy) is 10. The predicted octanol–water partition coefficient (Wildman–Crippen LogP) is -0.114. The van der Waals surface area contributed by atoms with E-state index in [1.165, 1.54) is 0 Å². The Morgan fingerprint density at radius 3 is 0.915 bits per heavy atom. The second kappa shape index (κ2) is 17.8. The number of hydrogen-bond acceptors (Lipinski definition) is 19. The van der Waals surface area contributed by atoms with E-state index in [0.29, 0.717) is 11.8 Å². The van der Waals surface area contributed by atoms with Crippen LogP contribution in [0.2, 0.25) is 0 Å². The lowest BCUT2D eigenvalue weighted by molar-refractivity contribution is -0.243. The first-order chi connectivity index (χ1) is 21.9. The highest BCUT2D eigenvalue weighted by molar-refractivity contribution is 8.00. The molecule has 2 rings (SSSR count). The Hall–Kier alpha value is -3.97. The molecule has 0 bridgehead atoms. The molecule has 19 heteroatoms. The van der Waals surface area contributed by atoms with Gasteiger partial charge in [-0.2, -0.15) is 0 Å². The van der Waals surface area contributed by atoms with Gasteiger partial charge < -0.3 is 47.4 Å². The standard InChI is InChI=1S/C28H38O18S/c1-11(29)37-9-19-21(39-13(3)31)23(41-15(5)33)25(43-17(7)35)27(45-19)47-28-26(44-18(8)36)24(42-16(6)34)22(40-14(4)32)20(46-28)10-38-12(2)30/h19-28H,9-10H2,1-8H3/t19-,20-,21-,22+,23+,24+,25+,26-,27+,28+/m1/s1. The lowest BCUT2D eigenvalue weighted by atomic mass is 9.99. The molecule has 47 heavy (non-hydrogen) atoms. The monoisotopic (exact) mass is 694 g/mol. The first kappa shape index (κ1) is 39.2. The molecule has 0 aliphatic carbocycles. The Morgan fingerprint density at radius 2 is 0.660 bits per heavy atom. The maximum atomic E-state index is 12.3. The summed E-state index contributed by atoms with van der Waals surface area (Å²) in [6.45, 7) is 7.50. The highest BCUT2D eigenvalue weighted by atomic mass is 32.2. The van der Waals surface area contributed by atoms with Crippen molar-refractivity contribution in [1.29, 1.82) is 0 Å². The third-order valence-electron chi connectivity index (χ3n) is 6.16. The molecule has 0 N–H and O–H groups in total. The van der Waals surface area contributed by atoms with E-state index in [1.54, 1.807) is 0 Å². The smallest absolute Gasteiger partial charge is 0.303 e. The number of carbonyl (C=O) groups is 8. The maximum absolute atomic E-state index is 12.3. The molecule has 18 nitrogen and oxygen atoms in total. The van der Waals surface area contributed by atoms with Gasteiger partial charge in [-0.15, -0.1) is 0 Å². The molecule has 2 aliphatic rings. The molecular formula is C28H38O18S. The molecule has 0 radical (unpaired) electrons. The second-order valence-corrected chi connectivity index (χ2v) is 11.5. The Labute approximate surface area is 273 Å². The molecule has 2 aliphatic heterocycles. The third kappa shape index (κ3) is 12.3. The zero-order chi connectivity index (χ0) is 35.6. The van der Waals surface area contributed by atoms with E-state index in [2.05, 4.69) is 0 Å². The van der Waals surface area contributed by atoms with E-state index in [1.807, 2.05) is 0 Å². The molecule has 0 amide bonds. The van der Waals surface area contributed by atoms with Crippen molar-refractivity contribution in [2.75, 3.05) is 13.2 Å². The van der Waals surface area contributed by atoms with E-state index in [-0.39, 0.29) is 0 Å². The van der Waals surface area contributed by atoms with Gasteiger partial charge in [-0.1, -0.05) is 11.8 Å². The van der Waals surface area contributed by atoms with Crippen LogP contribution in [0.1, 0.15) is 55.4 Å². The van der Waals surface area contributed by atoms with Crippen LogP contribution < -0.4 is 0 Å². The molecule has 0 unspecified atom stereocenters. The fourth-order valence-corrected chi connectivity index (χ4v) is 6.14. The molecule has 0 aromatic carbocycles. The molecule has 0 aromatic rings. The van der Waals surface area contributed by atoms with Gasteiger partial charge in [0, 0.05) is 55.4 Å². The molecule has 0 aromatic heterocycles. The van der Waals surface area contributed by atoms with E-state index in [9.17, 15) is 38.4 Å². The largest absolute Gasteiger partial charge is 0.463 e. The molecule has 0 saturated carbocycles. The molecule has 2 heterocycles. The summed E-state index contributed by atoms with van der Waals surface area (Å²) in [5.41, 5.74) is -2.84. The van der Waals surface area contributed by atoms with Crippen LogP contribution in [-0.2, 0) is 85.7 Å². The number of carbonyl (C=O) groups excluding carboxylic acids is 8. The number of hydrogen-bond donors (Lipinski definition) is 0. The highest BCUT2D eigenvalue weighted by Crippen LogP contribution is 2.41. The first-order valence-corrected chi connectivity index (χ1v) is 15.1. The van der Waals surface area contributed by atoms with Crippen LogP contribution in [0.5, 0.6) is 0 Å². The van der Waals surface area contributed by atoms with Crippen LogP contribution in [-0.4, -0.2) is 121 Å². The van der Waals surface area contributed by atoms with Gasteiger partial charge in [0.15, 0.2) is 36.6 Å². The summed E-state index contributed by atoms with van der Waals surface area (Å²) in [6.07, 6.45) is -11.7. The van der Waals surface area contributed by atoms with Gasteiger partial charge in [-0.3, -0.25) is 38.4 Å². The number of thioether (sulfide) groups is 1. The summed E-state index contributed by atoms with van der Waals surface area (Å²) in [5.74, 6) is -6.62. The zero-order valence-corrected chi connectivity index (χ0v) is 27.8. The van der Waals surface area contributed by atoms with Crippen molar-refractivity contribution >= 4 is 59.5 Å². The van der Waals surface area contributed by atoms with E-state index in [4.69, 9.17) is 47.4 Å². The minimum absolute atomic E-state index is 0.520. The fraction of sp³-hybridized carbons (Fsp3) is 0.714. The van der Waals surface area contributed by atoms with Crippen LogP contribution in [0.4, 0.5) is 0 Å². The predicted molar refractivity (Wildman–Crippen MR) is 152 cm³/mol. The van der Waals surface area contributed by atoms with E-state index < -0.39 is 121 Å². The molecule has 264 valence electrons. The summed E-state index contributed by atoms with van der Waals surface area (Å²) in [7, 11) is 0. The summed E-state index contributed by atoms with van der Waals surface area (Å²) >= 11 is 0.678. The van der Waals surface area contributed by atoms with Gasteiger partial charge in [0.25, 0.3) is 0 Å². The summed E-state index contributed by atoms with van der Waals surface area (Å²) in [6, 6.07) is 0. The van der Waals surface area contributed by atoms with Gasteiger partial charge in [0.2, 0.25) is 0 Å². The van der Waals surface area contributed by atoms with Gasteiger partial charge in [0.05, 0.1) is 0 Å². The fourth-order valence-electron chi connectivity index (χ4n) is 4.73. The molecule has 2 saturated heterocycles. The molecule has 0 spiro atoms.